The topological polar surface area (TPSA) is 105 Å². The minimum atomic E-state index is -1.07. The van der Waals surface area contributed by atoms with Crippen molar-refractivity contribution in [3.05, 3.63) is 0 Å². The Hall–Kier alpha value is -1.26. The van der Waals surface area contributed by atoms with Crippen LogP contribution in [0.2, 0.25) is 0 Å². The number of carbonyl (C=O) groups is 2. The van der Waals surface area contributed by atoms with E-state index in [4.69, 9.17) is 33.2 Å². The first-order valence-corrected chi connectivity index (χ1v) is 9.87. The highest BCUT2D eigenvalue weighted by Crippen LogP contribution is 2.75. The van der Waals surface area contributed by atoms with Gasteiger partial charge in [0.05, 0.1) is 26.4 Å². The summed E-state index contributed by atoms with van der Waals surface area (Å²) in [6, 6.07) is 0. The third kappa shape index (κ3) is 1.73. The lowest BCUT2D eigenvalue weighted by atomic mass is 9.69. The highest BCUT2D eigenvalue weighted by atomic mass is 16.8. The van der Waals surface area contributed by atoms with Gasteiger partial charge in [-0.15, -0.1) is 0 Å². The van der Waals surface area contributed by atoms with E-state index in [1.807, 2.05) is 0 Å². The average Bonchev–Trinajstić information content (AvgIpc) is 3.48. The fourth-order valence-electron chi connectivity index (χ4n) is 6.98. The molecule has 9 nitrogen and oxygen atoms in total. The summed E-state index contributed by atoms with van der Waals surface area (Å²) in [5, 5.41) is 0. The summed E-state index contributed by atoms with van der Waals surface area (Å²) in [6.45, 7) is 2.27. The van der Waals surface area contributed by atoms with Crippen molar-refractivity contribution in [2.45, 2.75) is 61.2 Å². The van der Waals surface area contributed by atoms with Crippen LogP contribution >= 0.6 is 0 Å². The lowest BCUT2D eigenvalue weighted by molar-refractivity contribution is -0.237. The number of methoxy groups -OCH3 is 2. The van der Waals surface area contributed by atoms with Gasteiger partial charge in [0.25, 0.3) is 0 Å². The zero-order valence-corrected chi connectivity index (χ0v) is 16.0. The molecular weight excluding hydrogens is 372 g/mol. The predicted octanol–water partition coefficient (Wildman–Crippen LogP) is -0.206. The molecule has 0 radical (unpaired) electrons. The highest BCUT2D eigenvalue weighted by molar-refractivity contribution is 5.84. The highest BCUT2D eigenvalue weighted by Gasteiger charge is 2.92. The van der Waals surface area contributed by atoms with Crippen LogP contribution in [-0.2, 0) is 42.7 Å². The molecule has 9 heteroatoms. The van der Waals surface area contributed by atoms with Gasteiger partial charge >= 0.3 is 11.9 Å². The molecule has 3 saturated heterocycles. The van der Waals surface area contributed by atoms with Crippen molar-refractivity contribution in [1.82, 2.24) is 0 Å². The lowest BCUT2D eigenvalue weighted by Gasteiger charge is -2.43. The normalized spacial score (nSPS) is 53.8. The lowest BCUT2D eigenvalue weighted by Crippen LogP contribution is -2.61. The van der Waals surface area contributed by atoms with Crippen molar-refractivity contribution < 1.29 is 42.7 Å². The second kappa shape index (κ2) is 5.26. The van der Waals surface area contributed by atoms with Gasteiger partial charge in [0.1, 0.15) is 18.3 Å². The van der Waals surface area contributed by atoms with E-state index in [0.29, 0.717) is 26.1 Å². The standard InChI is InChI=1S/C19H24O9/c1-8(20)26-13-9-6-10-12(13)19(15(28-19)14(9)22-2)17(24-4-5-25-17)7-11-18(10,27-11)16(21)23-3/h9-15H,4-7H2,1-3H3. The molecule has 0 aromatic carbocycles. The van der Waals surface area contributed by atoms with Crippen LogP contribution < -0.4 is 0 Å². The van der Waals surface area contributed by atoms with Crippen LogP contribution in [0.5, 0.6) is 0 Å². The minimum absolute atomic E-state index is 0.0903. The van der Waals surface area contributed by atoms with Crippen molar-refractivity contribution in [3.63, 3.8) is 0 Å². The molecule has 2 spiro atoms. The summed E-state index contributed by atoms with van der Waals surface area (Å²) in [4.78, 5) is 24.8. The van der Waals surface area contributed by atoms with Crippen LogP contribution in [-0.4, -0.2) is 80.8 Å². The molecule has 6 aliphatic rings. The summed E-state index contributed by atoms with van der Waals surface area (Å²) >= 11 is 0. The van der Waals surface area contributed by atoms with Crippen LogP contribution in [0.15, 0.2) is 0 Å². The van der Waals surface area contributed by atoms with Crippen LogP contribution in [0, 0.1) is 17.8 Å². The van der Waals surface area contributed by atoms with Gasteiger partial charge in [-0.3, -0.25) is 4.79 Å². The van der Waals surface area contributed by atoms with Crippen LogP contribution in [0.3, 0.4) is 0 Å². The Labute approximate surface area is 161 Å². The molecule has 3 heterocycles. The third-order valence-electron chi connectivity index (χ3n) is 7.83. The number of hydrogen-bond donors (Lipinski definition) is 0. The van der Waals surface area contributed by atoms with Crippen molar-refractivity contribution in [2.75, 3.05) is 27.4 Å². The van der Waals surface area contributed by atoms with Crippen LogP contribution in [0.1, 0.15) is 19.8 Å². The largest absolute Gasteiger partial charge is 0.467 e. The number of fused-ring (bicyclic) bond motifs is 3. The minimum Gasteiger partial charge on any atom is -0.467 e. The molecule has 2 bridgehead atoms. The number of hydrogen-bond acceptors (Lipinski definition) is 9. The molecule has 154 valence electrons. The Morgan fingerprint density at radius 2 is 1.82 bits per heavy atom. The molecule has 0 amide bonds. The van der Waals surface area contributed by atoms with E-state index >= 15 is 0 Å². The van der Waals surface area contributed by atoms with Gasteiger partial charge in [-0.05, 0) is 6.42 Å². The Morgan fingerprint density at radius 3 is 2.46 bits per heavy atom. The predicted molar refractivity (Wildman–Crippen MR) is 87.9 cm³/mol. The van der Waals surface area contributed by atoms with Crippen LogP contribution in [0.25, 0.3) is 0 Å². The first-order valence-electron chi connectivity index (χ1n) is 9.87. The first kappa shape index (κ1) is 17.6. The van der Waals surface area contributed by atoms with Gasteiger partial charge in [0.2, 0.25) is 5.79 Å². The van der Waals surface area contributed by atoms with E-state index in [1.165, 1.54) is 14.0 Å². The number of rotatable bonds is 3. The summed E-state index contributed by atoms with van der Waals surface area (Å²) in [5.41, 5.74) is -1.89. The fourth-order valence-corrected chi connectivity index (χ4v) is 6.98. The van der Waals surface area contributed by atoms with Gasteiger partial charge in [-0.2, -0.15) is 0 Å². The van der Waals surface area contributed by atoms with Crippen molar-refractivity contribution in [3.8, 4) is 0 Å². The fraction of sp³-hybridized carbons (Fsp3) is 0.895. The maximum Gasteiger partial charge on any atom is 0.341 e. The average molecular weight is 396 g/mol. The maximum atomic E-state index is 12.9. The Bertz CT molecular complexity index is 748. The number of ether oxygens (including phenoxy) is 7. The quantitative estimate of drug-likeness (QED) is 0.473. The molecule has 9 atom stereocenters. The van der Waals surface area contributed by atoms with Gasteiger partial charge in [-0.1, -0.05) is 0 Å². The van der Waals surface area contributed by atoms with Crippen molar-refractivity contribution in [1.29, 1.82) is 0 Å². The summed E-state index contributed by atoms with van der Waals surface area (Å²) in [5.74, 6) is -2.41. The molecule has 0 aromatic heterocycles. The molecule has 3 saturated carbocycles. The molecule has 9 unspecified atom stereocenters. The van der Waals surface area contributed by atoms with E-state index < -0.39 is 29.1 Å². The van der Waals surface area contributed by atoms with Gasteiger partial charge in [0, 0.05) is 38.2 Å². The van der Waals surface area contributed by atoms with E-state index in [9.17, 15) is 9.59 Å². The second-order valence-electron chi connectivity index (χ2n) is 8.68. The van der Waals surface area contributed by atoms with E-state index in [2.05, 4.69) is 0 Å². The Morgan fingerprint density at radius 1 is 1.07 bits per heavy atom. The molecule has 6 fully saturated rings. The van der Waals surface area contributed by atoms with E-state index in [1.54, 1.807) is 7.11 Å². The monoisotopic (exact) mass is 396 g/mol. The Kier molecular flexibility index (Phi) is 3.30. The van der Waals surface area contributed by atoms with Gasteiger partial charge < -0.3 is 33.2 Å². The van der Waals surface area contributed by atoms with Crippen LogP contribution in [0.4, 0.5) is 0 Å². The molecule has 0 N–H and O–H groups in total. The Balaban J connectivity index is 1.53. The van der Waals surface area contributed by atoms with Gasteiger partial charge in [0.15, 0.2) is 11.2 Å². The number of epoxide rings is 2. The zero-order chi connectivity index (χ0) is 19.5. The molecule has 3 aliphatic carbocycles. The smallest absolute Gasteiger partial charge is 0.341 e. The summed E-state index contributed by atoms with van der Waals surface area (Å²) < 4.78 is 41.5. The summed E-state index contributed by atoms with van der Waals surface area (Å²) in [6.07, 6.45) is -0.329. The summed E-state index contributed by atoms with van der Waals surface area (Å²) in [7, 11) is 3.00. The SMILES string of the molecule is COC(=O)C12OC1CC1(OCCO1)C13OC1C(OC)C1CC2C3C1OC(C)=O. The van der Waals surface area contributed by atoms with Crippen molar-refractivity contribution >= 4 is 11.9 Å². The van der Waals surface area contributed by atoms with Crippen molar-refractivity contribution in [2.24, 2.45) is 17.8 Å². The van der Waals surface area contributed by atoms with E-state index in [-0.39, 0.29) is 42.0 Å². The van der Waals surface area contributed by atoms with E-state index in [0.717, 1.165) is 0 Å². The maximum absolute atomic E-state index is 12.9. The molecule has 3 aliphatic heterocycles. The number of esters is 2. The molecular formula is C19H24O9. The van der Waals surface area contributed by atoms with Gasteiger partial charge in [-0.25, -0.2) is 4.79 Å². The zero-order valence-electron chi connectivity index (χ0n) is 16.0. The second-order valence-corrected chi connectivity index (χ2v) is 8.68. The molecule has 6 rings (SSSR count). The third-order valence-corrected chi connectivity index (χ3v) is 7.83. The first-order chi connectivity index (χ1) is 13.4. The molecule has 0 aromatic rings. The molecule has 28 heavy (non-hydrogen) atoms. The number of carbonyl (C=O) groups excluding carboxylic acids is 2.